The molecule has 0 unspecified atom stereocenters. The van der Waals surface area contributed by atoms with Gasteiger partial charge in [0.25, 0.3) is 5.91 Å². The second kappa shape index (κ2) is 9.05. The first-order valence-corrected chi connectivity index (χ1v) is 8.88. The highest BCUT2D eigenvalue weighted by atomic mass is 16.5. The minimum atomic E-state index is -0.542. The van der Waals surface area contributed by atoms with E-state index in [0.29, 0.717) is 11.1 Å². The molecule has 0 saturated carbocycles. The highest BCUT2D eigenvalue weighted by Crippen LogP contribution is 2.44. The maximum absolute atomic E-state index is 12.8. The molecule has 152 valence electrons. The number of aromatic hydroxyl groups is 2. The number of allylic oxidation sites excluding steroid dienone is 1. The maximum atomic E-state index is 12.8. The Balaban J connectivity index is 2.58. The number of carbonyl (C=O) groups excluding carboxylic acids is 1. The summed E-state index contributed by atoms with van der Waals surface area (Å²) in [7, 11) is 1.40. The van der Waals surface area contributed by atoms with Crippen LogP contribution < -0.4 is 5.32 Å². The molecular weight excluding hydrogens is 370 g/mol. The van der Waals surface area contributed by atoms with Crippen LogP contribution >= 0.6 is 0 Å². The van der Waals surface area contributed by atoms with E-state index in [0.717, 1.165) is 16.7 Å². The Morgan fingerprint density at radius 3 is 2.52 bits per heavy atom. The predicted molar refractivity (Wildman–Crippen MR) is 116 cm³/mol. The van der Waals surface area contributed by atoms with Crippen molar-refractivity contribution < 1.29 is 19.7 Å². The molecule has 0 fully saturated rings. The van der Waals surface area contributed by atoms with Crippen molar-refractivity contribution in [1.82, 2.24) is 5.32 Å². The summed E-state index contributed by atoms with van der Waals surface area (Å²) in [4.78, 5) is 12.8. The first kappa shape index (κ1) is 21.7. The molecule has 2 aromatic rings. The normalized spacial score (nSPS) is 11.1. The number of phenols is 2. The minimum Gasteiger partial charge on any atom is -0.507 e. The summed E-state index contributed by atoms with van der Waals surface area (Å²) >= 11 is 0. The van der Waals surface area contributed by atoms with Gasteiger partial charge in [0.15, 0.2) is 0 Å². The molecule has 0 saturated heterocycles. The van der Waals surface area contributed by atoms with Gasteiger partial charge in [-0.2, -0.15) is 5.10 Å². The van der Waals surface area contributed by atoms with E-state index in [2.05, 4.69) is 28.8 Å². The molecule has 7 heteroatoms. The fraction of sp³-hybridized carbons (Fsp3) is 0.227. The monoisotopic (exact) mass is 395 g/mol. The fourth-order valence-corrected chi connectivity index (χ4v) is 3.04. The van der Waals surface area contributed by atoms with Crippen LogP contribution in [-0.2, 0) is 4.74 Å². The van der Waals surface area contributed by atoms with E-state index < -0.39 is 5.91 Å². The Bertz CT molecular complexity index is 1010. The number of nitrogens with zero attached hydrogens (tertiary/aromatic N) is 2. The lowest BCUT2D eigenvalue weighted by atomic mass is 9.90. The Hall–Kier alpha value is -3.61. The largest absolute Gasteiger partial charge is 0.507 e. The molecule has 0 heterocycles. The fourth-order valence-electron chi connectivity index (χ4n) is 3.04. The number of benzene rings is 2. The van der Waals surface area contributed by atoms with Gasteiger partial charge in [0.1, 0.15) is 11.5 Å². The van der Waals surface area contributed by atoms with Gasteiger partial charge in [0, 0.05) is 6.72 Å². The number of ether oxygens (including phenoxy) is 1. The molecule has 0 atom stereocenters. The number of hydrogen-bond acceptors (Lipinski definition) is 6. The van der Waals surface area contributed by atoms with Gasteiger partial charge in [-0.1, -0.05) is 35.9 Å². The van der Waals surface area contributed by atoms with Crippen LogP contribution in [0, 0.1) is 13.8 Å². The van der Waals surface area contributed by atoms with Crippen LogP contribution in [0.3, 0.4) is 0 Å². The van der Waals surface area contributed by atoms with E-state index in [9.17, 15) is 15.0 Å². The summed E-state index contributed by atoms with van der Waals surface area (Å²) in [6, 6.07) is 7.07. The SMILES string of the molecule is C=N/N=C(/CNC(=O)c1c(C)cc(O)c(-c2cc(C)ccc2C(=C)C)c1O)OC. The third-order valence-electron chi connectivity index (χ3n) is 4.43. The van der Waals surface area contributed by atoms with Gasteiger partial charge in [-0.15, -0.1) is 5.10 Å². The van der Waals surface area contributed by atoms with Crippen LogP contribution in [-0.4, -0.2) is 42.4 Å². The van der Waals surface area contributed by atoms with E-state index in [4.69, 9.17) is 4.74 Å². The molecule has 3 N–H and O–H groups in total. The molecule has 29 heavy (non-hydrogen) atoms. The number of hydrogen-bond donors (Lipinski definition) is 3. The van der Waals surface area contributed by atoms with Crippen LogP contribution in [0.25, 0.3) is 16.7 Å². The highest BCUT2D eigenvalue weighted by Gasteiger charge is 2.24. The summed E-state index contributed by atoms with van der Waals surface area (Å²) in [6.45, 7) is 12.5. The van der Waals surface area contributed by atoms with Crippen LogP contribution in [0.4, 0.5) is 0 Å². The number of phenolic OH excluding ortho intramolecular Hbond substituents is 2. The lowest BCUT2D eigenvalue weighted by Gasteiger charge is -2.18. The number of amides is 1. The van der Waals surface area contributed by atoms with E-state index >= 15 is 0 Å². The summed E-state index contributed by atoms with van der Waals surface area (Å²) in [5.74, 6) is -0.821. The van der Waals surface area contributed by atoms with Crippen molar-refractivity contribution in [2.24, 2.45) is 10.2 Å². The molecule has 2 rings (SSSR count). The summed E-state index contributed by atoms with van der Waals surface area (Å²) in [5.41, 5.74) is 3.71. The molecule has 1 amide bonds. The first-order valence-electron chi connectivity index (χ1n) is 8.88. The average Bonchev–Trinajstić information content (AvgIpc) is 2.64. The van der Waals surface area contributed by atoms with Gasteiger partial charge in [-0.3, -0.25) is 4.79 Å². The Kier molecular flexibility index (Phi) is 6.77. The number of rotatable bonds is 6. The minimum absolute atomic E-state index is 0.0368. The maximum Gasteiger partial charge on any atom is 0.255 e. The standard InChI is InChI=1S/C22H25N3O4/c1-12(2)15-8-7-13(3)9-16(15)20-17(26)10-14(4)19(21(20)27)22(28)24-11-18(29-6)25-23-5/h7-10,26-27H,1,5,11H2,2-4,6H3,(H,24,28)/b25-18-. The zero-order valence-electron chi connectivity index (χ0n) is 17.0. The van der Waals surface area contributed by atoms with Crippen molar-refractivity contribution >= 4 is 24.1 Å². The van der Waals surface area contributed by atoms with E-state index in [-0.39, 0.29) is 35.1 Å². The van der Waals surface area contributed by atoms with E-state index in [1.165, 1.54) is 13.2 Å². The number of carbonyl (C=O) groups is 1. The predicted octanol–water partition coefficient (Wildman–Crippen LogP) is 3.81. The summed E-state index contributed by atoms with van der Waals surface area (Å²) < 4.78 is 4.99. The topological polar surface area (TPSA) is 104 Å². The molecule has 2 aromatic carbocycles. The van der Waals surface area contributed by atoms with E-state index in [1.807, 2.05) is 32.0 Å². The molecule has 0 radical (unpaired) electrons. The molecule has 0 aliphatic rings. The number of methoxy groups -OCH3 is 1. The third-order valence-corrected chi connectivity index (χ3v) is 4.43. The molecule has 0 aromatic heterocycles. The van der Waals surface area contributed by atoms with Crippen LogP contribution in [0.1, 0.15) is 34.0 Å². The van der Waals surface area contributed by atoms with Gasteiger partial charge in [0.05, 0.1) is 24.8 Å². The lowest BCUT2D eigenvalue weighted by molar-refractivity contribution is 0.0954. The smallest absolute Gasteiger partial charge is 0.255 e. The van der Waals surface area contributed by atoms with Crippen molar-refractivity contribution in [3.8, 4) is 22.6 Å². The second-order valence-electron chi connectivity index (χ2n) is 6.66. The average molecular weight is 395 g/mol. The van der Waals surface area contributed by atoms with Crippen LogP contribution in [0.2, 0.25) is 0 Å². The Morgan fingerprint density at radius 1 is 1.24 bits per heavy atom. The highest BCUT2D eigenvalue weighted by molar-refractivity contribution is 6.03. The molecule has 7 nitrogen and oxygen atoms in total. The zero-order valence-corrected chi connectivity index (χ0v) is 17.0. The zero-order chi connectivity index (χ0) is 21.7. The quantitative estimate of drug-likeness (QED) is 0.393. The van der Waals surface area contributed by atoms with Crippen LogP contribution in [0.15, 0.2) is 41.0 Å². The van der Waals surface area contributed by atoms with Gasteiger partial charge in [-0.05, 0) is 43.5 Å². The third kappa shape index (κ3) is 4.63. The molecule has 0 bridgehead atoms. The Labute approximate surface area is 170 Å². The Morgan fingerprint density at radius 2 is 1.93 bits per heavy atom. The van der Waals surface area contributed by atoms with Gasteiger partial charge in [0.2, 0.25) is 5.90 Å². The lowest BCUT2D eigenvalue weighted by Crippen LogP contribution is -2.30. The molecule has 0 aliphatic carbocycles. The van der Waals surface area contributed by atoms with Crippen molar-refractivity contribution in [3.63, 3.8) is 0 Å². The first-order chi connectivity index (χ1) is 13.7. The second-order valence-corrected chi connectivity index (χ2v) is 6.66. The molecular formula is C22H25N3O4. The molecule has 0 aliphatic heterocycles. The number of aryl methyl sites for hydroxylation is 2. The van der Waals surface area contributed by atoms with Crippen molar-refractivity contribution in [2.75, 3.05) is 13.7 Å². The number of nitrogens with one attached hydrogen (secondary N) is 1. The van der Waals surface area contributed by atoms with Crippen LogP contribution in [0.5, 0.6) is 11.5 Å². The van der Waals surface area contributed by atoms with Crippen molar-refractivity contribution in [3.05, 3.63) is 53.1 Å². The van der Waals surface area contributed by atoms with Crippen molar-refractivity contribution in [2.45, 2.75) is 20.8 Å². The van der Waals surface area contributed by atoms with Gasteiger partial charge < -0.3 is 20.3 Å². The summed E-state index contributed by atoms with van der Waals surface area (Å²) in [5, 5.41) is 31.2. The van der Waals surface area contributed by atoms with Gasteiger partial charge >= 0.3 is 0 Å². The van der Waals surface area contributed by atoms with Gasteiger partial charge in [-0.25, -0.2) is 0 Å². The summed E-state index contributed by atoms with van der Waals surface area (Å²) in [6.07, 6.45) is 0. The molecule has 0 spiro atoms. The van der Waals surface area contributed by atoms with Crippen molar-refractivity contribution in [1.29, 1.82) is 0 Å². The van der Waals surface area contributed by atoms with E-state index in [1.54, 1.807) is 6.92 Å².